The summed E-state index contributed by atoms with van der Waals surface area (Å²) >= 11 is 0. The topological polar surface area (TPSA) is 79.9 Å². The minimum atomic E-state index is -0.484. The van der Waals surface area contributed by atoms with Crippen LogP contribution in [0.4, 0.5) is 4.79 Å². The van der Waals surface area contributed by atoms with Crippen LogP contribution in [0.25, 0.3) is 0 Å². The van der Waals surface area contributed by atoms with E-state index in [1.165, 1.54) is 7.05 Å². The lowest BCUT2D eigenvalue weighted by molar-refractivity contribution is -0.125. The molecule has 0 radical (unpaired) electrons. The van der Waals surface area contributed by atoms with Crippen molar-refractivity contribution in [2.45, 2.75) is 38.8 Å². The highest BCUT2D eigenvalue weighted by molar-refractivity contribution is 5.96. The third-order valence-electron chi connectivity index (χ3n) is 4.31. The number of urea groups is 1. The second-order valence-corrected chi connectivity index (χ2v) is 5.98. The molecule has 1 saturated heterocycles. The molecule has 1 aromatic rings. The van der Waals surface area contributed by atoms with Gasteiger partial charge < -0.3 is 14.8 Å². The summed E-state index contributed by atoms with van der Waals surface area (Å²) in [4.78, 5) is 25.4. The quantitative estimate of drug-likeness (QED) is 0.818. The third kappa shape index (κ3) is 5.35. The number of benzene rings is 1. The minimum absolute atomic E-state index is 0.0899. The smallest absolute Gasteiger partial charge is 0.321 e. The van der Waals surface area contributed by atoms with Gasteiger partial charge in [-0.25, -0.2) is 4.79 Å². The molecular formula is C18H27N3O4. The number of nitrogens with one attached hydrogen (secondary N) is 2. The number of para-hydroxylation sites is 2. The van der Waals surface area contributed by atoms with Gasteiger partial charge in [0, 0.05) is 20.1 Å². The van der Waals surface area contributed by atoms with Crippen LogP contribution in [0.1, 0.15) is 26.7 Å². The Bertz CT molecular complexity index is 585. The molecular weight excluding hydrogens is 322 g/mol. The van der Waals surface area contributed by atoms with E-state index in [4.69, 9.17) is 9.47 Å². The predicted molar refractivity (Wildman–Crippen MR) is 94.9 cm³/mol. The zero-order chi connectivity index (χ0) is 18.2. The zero-order valence-electron chi connectivity index (χ0n) is 15.1. The summed E-state index contributed by atoms with van der Waals surface area (Å²) in [5.41, 5.74) is 0. The molecule has 1 heterocycles. The molecule has 0 unspecified atom stereocenters. The number of likely N-dealkylation sites (tertiary alicyclic amines) is 1. The predicted octanol–water partition coefficient (Wildman–Crippen LogP) is 1.77. The molecule has 1 atom stereocenters. The Kier molecular flexibility index (Phi) is 7.06. The Morgan fingerprint density at radius 3 is 2.48 bits per heavy atom. The molecule has 2 rings (SSSR count). The molecule has 25 heavy (non-hydrogen) atoms. The second kappa shape index (κ2) is 9.27. The first-order chi connectivity index (χ1) is 12.0. The molecule has 1 aliphatic rings. The Morgan fingerprint density at radius 2 is 1.88 bits per heavy atom. The van der Waals surface area contributed by atoms with Gasteiger partial charge in [0.1, 0.15) is 6.10 Å². The fourth-order valence-corrected chi connectivity index (χ4v) is 2.83. The van der Waals surface area contributed by atoms with Crippen LogP contribution in [0.15, 0.2) is 24.3 Å². The molecule has 138 valence electrons. The molecule has 0 aromatic heterocycles. The maximum absolute atomic E-state index is 12.0. The first kappa shape index (κ1) is 19.1. The lowest BCUT2D eigenvalue weighted by Gasteiger charge is -2.35. The maximum Gasteiger partial charge on any atom is 0.321 e. The van der Waals surface area contributed by atoms with Gasteiger partial charge in [-0.15, -0.1) is 0 Å². The van der Waals surface area contributed by atoms with Crippen molar-refractivity contribution in [3.05, 3.63) is 24.3 Å². The number of ether oxygens (including phenoxy) is 2. The molecule has 0 aliphatic carbocycles. The monoisotopic (exact) mass is 349 g/mol. The van der Waals surface area contributed by atoms with Gasteiger partial charge in [0.2, 0.25) is 5.91 Å². The number of amides is 3. The highest BCUT2D eigenvalue weighted by atomic mass is 16.5. The normalized spacial score (nSPS) is 16.8. The van der Waals surface area contributed by atoms with Gasteiger partial charge in [0.25, 0.3) is 0 Å². The van der Waals surface area contributed by atoms with Gasteiger partial charge in [0.15, 0.2) is 11.5 Å². The highest BCUT2D eigenvalue weighted by Gasteiger charge is 2.28. The van der Waals surface area contributed by atoms with Crippen LogP contribution in [-0.2, 0) is 4.79 Å². The van der Waals surface area contributed by atoms with Crippen LogP contribution in [0.3, 0.4) is 0 Å². The van der Waals surface area contributed by atoms with E-state index in [1.54, 1.807) is 0 Å². The van der Waals surface area contributed by atoms with Crippen molar-refractivity contribution in [1.82, 2.24) is 15.5 Å². The molecule has 7 nitrogen and oxygen atoms in total. The van der Waals surface area contributed by atoms with E-state index in [0.717, 1.165) is 37.4 Å². The largest absolute Gasteiger partial charge is 0.490 e. The van der Waals surface area contributed by atoms with Crippen molar-refractivity contribution in [1.29, 1.82) is 0 Å². The fraction of sp³-hybridized carbons (Fsp3) is 0.556. The summed E-state index contributed by atoms with van der Waals surface area (Å²) < 4.78 is 11.7. The molecule has 2 N–H and O–H groups in total. The Balaban J connectivity index is 1.85. The first-order valence-corrected chi connectivity index (χ1v) is 8.70. The number of nitrogens with zero attached hydrogens (tertiary/aromatic N) is 1. The van der Waals surface area contributed by atoms with Crippen molar-refractivity contribution in [3.63, 3.8) is 0 Å². The number of hydrogen-bond donors (Lipinski definition) is 2. The second-order valence-electron chi connectivity index (χ2n) is 5.98. The van der Waals surface area contributed by atoms with Gasteiger partial charge >= 0.3 is 6.03 Å². The van der Waals surface area contributed by atoms with Crippen molar-refractivity contribution >= 4 is 11.9 Å². The number of hydrogen-bond acceptors (Lipinski definition) is 5. The van der Waals surface area contributed by atoms with E-state index >= 15 is 0 Å². The maximum atomic E-state index is 12.0. The zero-order valence-corrected chi connectivity index (χ0v) is 15.1. The average Bonchev–Trinajstić information content (AvgIpc) is 2.63. The van der Waals surface area contributed by atoms with E-state index in [-0.39, 0.29) is 18.1 Å². The van der Waals surface area contributed by atoms with Crippen LogP contribution in [0, 0.1) is 0 Å². The van der Waals surface area contributed by atoms with E-state index < -0.39 is 6.03 Å². The summed E-state index contributed by atoms with van der Waals surface area (Å²) in [7, 11) is 1.48. The van der Waals surface area contributed by atoms with Crippen LogP contribution < -0.4 is 20.1 Å². The summed E-state index contributed by atoms with van der Waals surface area (Å²) in [6, 6.07) is 6.83. The number of carbonyl (C=O) groups excluding carboxylic acids is 2. The molecule has 0 spiro atoms. The Morgan fingerprint density at radius 1 is 1.24 bits per heavy atom. The summed E-state index contributed by atoms with van der Waals surface area (Å²) in [6.45, 7) is 5.83. The minimum Gasteiger partial charge on any atom is -0.490 e. The third-order valence-corrected chi connectivity index (χ3v) is 4.31. The standard InChI is InChI=1S/C18H27N3O4/c1-4-24-15-7-5-6-8-16(15)25-14-9-11-21(12-10-14)13(2)17(22)20-18(23)19-3/h5-8,13-14H,4,9-12H2,1-3H3,(H2,19,20,22,23)/t13-/m1/s1. The van der Waals surface area contributed by atoms with Crippen LogP contribution in [0.2, 0.25) is 0 Å². The molecule has 1 aliphatic heterocycles. The summed E-state index contributed by atoms with van der Waals surface area (Å²) in [5, 5.41) is 4.70. The number of piperidine rings is 1. The lowest BCUT2D eigenvalue weighted by Crippen LogP contribution is -2.52. The van der Waals surface area contributed by atoms with Crippen LogP contribution in [0.5, 0.6) is 11.5 Å². The fourth-order valence-electron chi connectivity index (χ4n) is 2.83. The van der Waals surface area contributed by atoms with Crippen molar-refractivity contribution in [3.8, 4) is 11.5 Å². The average molecular weight is 349 g/mol. The van der Waals surface area contributed by atoms with Crippen LogP contribution in [-0.4, -0.2) is 55.7 Å². The Hall–Kier alpha value is -2.28. The van der Waals surface area contributed by atoms with E-state index in [9.17, 15) is 9.59 Å². The SMILES string of the molecule is CCOc1ccccc1OC1CCN([C@H](C)C(=O)NC(=O)NC)CC1. The van der Waals surface area contributed by atoms with Gasteiger partial charge in [0.05, 0.1) is 12.6 Å². The van der Waals surface area contributed by atoms with E-state index in [0.29, 0.717) is 6.61 Å². The number of imide groups is 1. The molecule has 0 saturated carbocycles. The van der Waals surface area contributed by atoms with Gasteiger partial charge in [-0.2, -0.15) is 0 Å². The number of rotatable bonds is 6. The van der Waals surface area contributed by atoms with E-state index in [2.05, 4.69) is 15.5 Å². The van der Waals surface area contributed by atoms with Gasteiger partial charge in [-0.3, -0.25) is 15.0 Å². The first-order valence-electron chi connectivity index (χ1n) is 8.70. The van der Waals surface area contributed by atoms with Crippen molar-refractivity contribution < 1.29 is 19.1 Å². The molecule has 0 bridgehead atoms. The Labute approximate surface area is 148 Å². The molecule has 3 amide bonds. The molecule has 1 fully saturated rings. The van der Waals surface area contributed by atoms with E-state index in [1.807, 2.05) is 38.1 Å². The summed E-state index contributed by atoms with van der Waals surface area (Å²) in [6.07, 6.45) is 1.72. The molecule has 1 aromatic carbocycles. The van der Waals surface area contributed by atoms with Crippen molar-refractivity contribution in [2.75, 3.05) is 26.7 Å². The summed E-state index contributed by atoms with van der Waals surface area (Å²) in [5.74, 6) is 1.22. The van der Waals surface area contributed by atoms with Crippen molar-refractivity contribution in [2.24, 2.45) is 0 Å². The highest BCUT2D eigenvalue weighted by Crippen LogP contribution is 2.29. The van der Waals surface area contributed by atoms with Gasteiger partial charge in [-0.1, -0.05) is 12.1 Å². The van der Waals surface area contributed by atoms with Crippen LogP contribution >= 0.6 is 0 Å². The van der Waals surface area contributed by atoms with Gasteiger partial charge in [-0.05, 0) is 38.8 Å². The lowest BCUT2D eigenvalue weighted by atomic mass is 10.1. The molecule has 7 heteroatoms. The number of carbonyl (C=O) groups is 2.